The predicted octanol–water partition coefficient (Wildman–Crippen LogP) is 3.01. The molecule has 5 heteroatoms. The smallest absolute Gasteiger partial charge is 0.334 e. The summed E-state index contributed by atoms with van der Waals surface area (Å²) in [5.41, 5.74) is 0. The lowest BCUT2D eigenvalue weighted by Crippen LogP contribution is -2.38. The molecule has 0 saturated carbocycles. The van der Waals surface area contributed by atoms with E-state index >= 15 is 0 Å². The highest BCUT2D eigenvalue weighted by atomic mass is 32.1. The van der Waals surface area contributed by atoms with E-state index in [1.54, 1.807) is 0 Å². The zero-order valence-corrected chi connectivity index (χ0v) is 11.7. The van der Waals surface area contributed by atoms with Gasteiger partial charge in [-0.05, 0) is 51.5 Å². The first-order valence-corrected chi connectivity index (χ1v) is 8.43. The monoisotopic (exact) mass is 247 g/mol. The first-order valence-electron chi connectivity index (χ1n) is 5.50. The van der Waals surface area contributed by atoms with Crippen LogP contribution in [-0.4, -0.2) is 33.5 Å². The number of isothiocyanates is 1. The normalized spacial score (nSPS) is 11.1. The van der Waals surface area contributed by atoms with Crippen LogP contribution in [0.4, 0.5) is 0 Å². The molecule has 0 aromatic heterocycles. The van der Waals surface area contributed by atoms with Gasteiger partial charge in [-0.25, -0.2) is 4.99 Å². The van der Waals surface area contributed by atoms with Crippen LogP contribution in [0.5, 0.6) is 0 Å². The van der Waals surface area contributed by atoms with Crippen molar-refractivity contribution < 1.29 is 8.85 Å². The molecule has 0 N–H and O–H groups in total. The number of hydrogen-bond donors (Lipinski definition) is 0. The first-order chi connectivity index (χ1) is 7.18. The molecule has 88 valence electrons. The highest BCUT2D eigenvalue weighted by Crippen LogP contribution is 2.16. The lowest BCUT2D eigenvalue weighted by molar-refractivity contribution is 0.188. The Hall–Kier alpha value is -0.0631. The highest BCUT2D eigenvalue weighted by Gasteiger charge is 2.29. The Bertz CT molecular complexity index is 202. The highest BCUT2D eigenvalue weighted by molar-refractivity contribution is 7.78. The van der Waals surface area contributed by atoms with E-state index in [4.69, 9.17) is 8.85 Å². The van der Waals surface area contributed by atoms with E-state index in [-0.39, 0.29) is 0 Å². The molecule has 0 unspecified atom stereocenters. The van der Waals surface area contributed by atoms with Crippen molar-refractivity contribution in [2.75, 3.05) is 19.8 Å². The molecule has 0 aromatic rings. The number of aliphatic imine (C=N–C) groups is 1. The van der Waals surface area contributed by atoms with E-state index in [0.29, 0.717) is 0 Å². The Morgan fingerprint density at radius 2 is 1.80 bits per heavy atom. The van der Waals surface area contributed by atoms with Crippen molar-refractivity contribution in [2.45, 2.75) is 39.3 Å². The summed E-state index contributed by atoms with van der Waals surface area (Å²) < 4.78 is 11.5. The molecule has 0 atom stereocenters. The van der Waals surface area contributed by atoms with Crippen LogP contribution in [-0.2, 0) is 8.85 Å². The summed E-state index contributed by atoms with van der Waals surface area (Å²) in [5, 5.41) is 2.37. The van der Waals surface area contributed by atoms with Crippen molar-refractivity contribution in [1.29, 1.82) is 0 Å². The van der Waals surface area contributed by atoms with Gasteiger partial charge in [0.25, 0.3) is 0 Å². The SMILES string of the molecule is CCO[Si](C)(CCCCN=C=S)OCC. The van der Waals surface area contributed by atoms with E-state index in [2.05, 4.69) is 28.9 Å². The van der Waals surface area contributed by atoms with Crippen LogP contribution in [0.3, 0.4) is 0 Å². The minimum Gasteiger partial charge on any atom is -0.395 e. The fourth-order valence-electron chi connectivity index (χ4n) is 1.48. The van der Waals surface area contributed by atoms with Gasteiger partial charge in [-0.2, -0.15) is 0 Å². The predicted molar refractivity (Wildman–Crippen MR) is 68.8 cm³/mol. The van der Waals surface area contributed by atoms with E-state index in [1.807, 2.05) is 13.8 Å². The molecule has 0 radical (unpaired) electrons. The van der Waals surface area contributed by atoms with E-state index in [9.17, 15) is 0 Å². The fraction of sp³-hybridized carbons (Fsp3) is 0.900. The molecule has 0 fully saturated rings. The van der Waals surface area contributed by atoms with Gasteiger partial charge in [0.15, 0.2) is 0 Å². The number of unbranched alkanes of at least 4 members (excludes halogenated alkanes) is 1. The molecule has 0 aliphatic rings. The second kappa shape index (κ2) is 9.18. The fourth-order valence-corrected chi connectivity index (χ4v) is 4.06. The van der Waals surface area contributed by atoms with Crippen LogP contribution in [0.25, 0.3) is 0 Å². The molecule has 0 bridgehead atoms. The van der Waals surface area contributed by atoms with Crippen molar-refractivity contribution in [2.24, 2.45) is 4.99 Å². The second-order valence-electron chi connectivity index (χ2n) is 3.43. The summed E-state index contributed by atoms with van der Waals surface area (Å²) >= 11 is 4.50. The zero-order chi connectivity index (χ0) is 11.6. The summed E-state index contributed by atoms with van der Waals surface area (Å²) in [6.07, 6.45) is 2.12. The number of hydrogen-bond acceptors (Lipinski definition) is 4. The molecule has 15 heavy (non-hydrogen) atoms. The Morgan fingerprint density at radius 1 is 1.20 bits per heavy atom. The number of thiocarbonyl (C=S) groups is 1. The Labute approximate surface area is 99.1 Å². The quantitative estimate of drug-likeness (QED) is 0.272. The average Bonchev–Trinajstić information content (AvgIpc) is 2.18. The molecule has 3 nitrogen and oxygen atoms in total. The lowest BCUT2D eigenvalue weighted by Gasteiger charge is -2.25. The van der Waals surface area contributed by atoms with Crippen molar-refractivity contribution >= 4 is 25.9 Å². The molecule has 0 saturated heterocycles. The number of rotatable bonds is 9. The Kier molecular flexibility index (Phi) is 9.15. The van der Waals surface area contributed by atoms with Crippen LogP contribution in [0.15, 0.2) is 4.99 Å². The minimum absolute atomic E-state index is 0.737. The van der Waals surface area contributed by atoms with Gasteiger partial charge in [0, 0.05) is 19.8 Å². The minimum atomic E-state index is -1.90. The lowest BCUT2D eigenvalue weighted by atomic mass is 10.3. The molecular formula is C10H21NO2SSi. The molecule has 0 spiro atoms. The third-order valence-corrected chi connectivity index (χ3v) is 5.30. The van der Waals surface area contributed by atoms with Gasteiger partial charge in [0.1, 0.15) is 0 Å². The summed E-state index contributed by atoms with van der Waals surface area (Å²) in [5.74, 6) is 0. The van der Waals surface area contributed by atoms with Gasteiger partial charge in [-0.3, -0.25) is 0 Å². The third kappa shape index (κ3) is 7.82. The molecule has 0 aromatic carbocycles. The van der Waals surface area contributed by atoms with Gasteiger partial charge >= 0.3 is 8.56 Å². The summed E-state index contributed by atoms with van der Waals surface area (Å²) in [6, 6.07) is 1.03. The van der Waals surface area contributed by atoms with Crippen LogP contribution in [0, 0.1) is 0 Å². The zero-order valence-electron chi connectivity index (χ0n) is 9.91. The van der Waals surface area contributed by atoms with Gasteiger partial charge < -0.3 is 8.85 Å². The molecule has 0 aliphatic heterocycles. The molecular weight excluding hydrogens is 226 g/mol. The Morgan fingerprint density at radius 3 is 2.27 bits per heavy atom. The van der Waals surface area contributed by atoms with Gasteiger partial charge in [0.2, 0.25) is 0 Å². The second-order valence-corrected chi connectivity index (χ2v) is 6.96. The maximum absolute atomic E-state index is 5.73. The van der Waals surface area contributed by atoms with Crippen molar-refractivity contribution in [3.63, 3.8) is 0 Å². The summed E-state index contributed by atoms with van der Waals surface area (Å²) in [4.78, 5) is 3.88. The standard InChI is InChI=1S/C10H21NO2SSi/c1-4-12-15(3,13-5-2)9-7-6-8-11-10-14/h4-9H2,1-3H3. The summed E-state index contributed by atoms with van der Waals surface area (Å²) in [7, 11) is -1.90. The maximum Gasteiger partial charge on any atom is 0.334 e. The molecule has 0 amide bonds. The Balaban J connectivity index is 3.79. The van der Waals surface area contributed by atoms with Crippen molar-refractivity contribution in [1.82, 2.24) is 0 Å². The number of nitrogens with zero attached hydrogens (tertiary/aromatic N) is 1. The van der Waals surface area contributed by atoms with Crippen LogP contribution in [0.1, 0.15) is 26.7 Å². The largest absolute Gasteiger partial charge is 0.395 e. The van der Waals surface area contributed by atoms with Gasteiger partial charge in [-0.15, -0.1) is 0 Å². The van der Waals surface area contributed by atoms with Gasteiger partial charge in [-0.1, -0.05) is 0 Å². The molecule has 0 heterocycles. The molecule has 0 aliphatic carbocycles. The van der Waals surface area contributed by atoms with E-state index in [1.165, 1.54) is 0 Å². The topological polar surface area (TPSA) is 30.8 Å². The van der Waals surface area contributed by atoms with E-state index < -0.39 is 8.56 Å². The van der Waals surface area contributed by atoms with E-state index in [0.717, 1.165) is 38.6 Å². The third-order valence-electron chi connectivity index (χ3n) is 2.11. The average molecular weight is 247 g/mol. The van der Waals surface area contributed by atoms with Crippen molar-refractivity contribution in [3.05, 3.63) is 0 Å². The van der Waals surface area contributed by atoms with Gasteiger partial charge in [0.05, 0.1) is 5.16 Å². The maximum atomic E-state index is 5.73. The van der Waals surface area contributed by atoms with Crippen LogP contribution < -0.4 is 0 Å². The molecule has 0 rings (SSSR count). The summed E-state index contributed by atoms with van der Waals surface area (Å²) in [6.45, 7) is 8.40. The van der Waals surface area contributed by atoms with Crippen molar-refractivity contribution in [3.8, 4) is 0 Å². The van der Waals surface area contributed by atoms with Crippen LogP contribution in [0.2, 0.25) is 12.6 Å². The first kappa shape index (κ1) is 14.9. The van der Waals surface area contributed by atoms with Crippen LogP contribution >= 0.6 is 12.2 Å².